The first-order valence-electron chi connectivity index (χ1n) is 6.03. The Labute approximate surface area is 111 Å². The van der Waals surface area contributed by atoms with Gasteiger partial charge in [-0.15, -0.1) is 0 Å². The Kier molecular flexibility index (Phi) is 4.57. The normalized spacial score (nSPS) is 20.1. The number of nitrogens with zero attached hydrogens (tertiary/aromatic N) is 3. The standard InChI is InChI=1S/C11H18ClN5O/c1-17-5-2-3-8(17)4-6-18-10-9(12)7-14-11(15-10)16-13/h7-8H,2-6,13H2,1H3,(H,14,15,16). The molecule has 18 heavy (non-hydrogen) atoms. The largest absolute Gasteiger partial charge is 0.476 e. The van der Waals surface area contributed by atoms with Crippen LogP contribution in [0.15, 0.2) is 6.20 Å². The lowest BCUT2D eigenvalue weighted by molar-refractivity contribution is 0.228. The molecule has 1 atom stereocenters. The maximum absolute atomic E-state index is 5.95. The predicted molar refractivity (Wildman–Crippen MR) is 70.6 cm³/mol. The highest BCUT2D eigenvalue weighted by Gasteiger charge is 2.20. The van der Waals surface area contributed by atoms with Crippen LogP contribution in [0, 0.1) is 0 Å². The maximum atomic E-state index is 5.95. The molecule has 1 unspecified atom stereocenters. The second-order valence-corrected chi connectivity index (χ2v) is 4.81. The summed E-state index contributed by atoms with van der Waals surface area (Å²) in [6, 6.07) is 0.595. The summed E-state index contributed by atoms with van der Waals surface area (Å²) in [5.41, 5.74) is 2.36. The summed E-state index contributed by atoms with van der Waals surface area (Å²) in [7, 11) is 2.14. The summed E-state index contributed by atoms with van der Waals surface area (Å²) in [6.07, 6.45) is 4.94. The summed E-state index contributed by atoms with van der Waals surface area (Å²) in [4.78, 5) is 10.3. The lowest BCUT2D eigenvalue weighted by atomic mass is 10.1. The number of hydrazine groups is 1. The molecular weight excluding hydrogens is 254 g/mol. The molecule has 2 heterocycles. The zero-order chi connectivity index (χ0) is 13.0. The molecule has 1 aliphatic rings. The van der Waals surface area contributed by atoms with E-state index in [-0.39, 0.29) is 0 Å². The van der Waals surface area contributed by atoms with E-state index in [2.05, 4.69) is 27.3 Å². The molecule has 1 saturated heterocycles. The maximum Gasteiger partial charge on any atom is 0.240 e. The van der Waals surface area contributed by atoms with Gasteiger partial charge in [0.05, 0.1) is 12.8 Å². The van der Waals surface area contributed by atoms with E-state index in [1.165, 1.54) is 25.6 Å². The topological polar surface area (TPSA) is 76.3 Å². The average molecular weight is 272 g/mol. The van der Waals surface area contributed by atoms with Crippen LogP contribution in [0.2, 0.25) is 5.02 Å². The van der Waals surface area contributed by atoms with Crippen LogP contribution in [0.3, 0.4) is 0 Å². The smallest absolute Gasteiger partial charge is 0.240 e. The molecule has 7 heteroatoms. The predicted octanol–water partition coefficient (Wildman–Crippen LogP) is 1.28. The van der Waals surface area contributed by atoms with Gasteiger partial charge in [0, 0.05) is 6.04 Å². The van der Waals surface area contributed by atoms with Crippen LogP contribution < -0.4 is 16.0 Å². The van der Waals surface area contributed by atoms with E-state index in [1.54, 1.807) is 0 Å². The molecular formula is C11H18ClN5O. The molecule has 1 aromatic heterocycles. The summed E-state index contributed by atoms with van der Waals surface area (Å²) < 4.78 is 5.58. The second-order valence-electron chi connectivity index (χ2n) is 4.40. The van der Waals surface area contributed by atoms with Crippen LogP contribution >= 0.6 is 11.6 Å². The van der Waals surface area contributed by atoms with Gasteiger partial charge in [0.2, 0.25) is 11.8 Å². The van der Waals surface area contributed by atoms with Crippen LogP contribution in [-0.4, -0.2) is 41.1 Å². The van der Waals surface area contributed by atoms with Crippen LogP contribution in [0.1, 0.15) is 19.3 Å². The number of nitrogens with one attached hydrogen (secondary N) is 1. The number of nitrogens with two attached hydrogens (primary N) is 1. The summed E-state index contributed by atoms with van der Waals surface area (Å²) >= 11 is 5.95. The van der Waals surface area contributed by atoms with Crippen molar-refractivity contribution in [2.24, 2.45) is 5.84 Å². The SMILES string of the molecule is CN1CCCC1CCOc1nc(NN)ncc1Cl. The number of anilines is 1. The van der Waals surface area contributed by atoms with E-state index in [0.717, 1.165) is 6.42 Å². The number of aromatic nitrogens is 2. The molecule has 2 rings (SSSR count). The Morgan fingerprint density at radius 1 is 1.67 bits per heavy atom. The molecule has 0 aliphatic carbocycles. The highest BCUT2D eigenvalue weighted by atomic mass is 35.5. The fraction of sp³-hybridized carbons (Fsp3) is 0.636. The van der Waals surface area contributed by atoms with Crippen molar-refractivity contribution in [1.82, 2.24) is 14.9 Å². The van der Waals surface area contributed by atoms with Crippen molar-refractivity contribution in [3.8, 4) is 5.88 Å². The Balaban J connectivity index is 1.86. The summed E-state index contributed by atoms with van der Waals surface area (Å²) in [5, 5.41) is 0.397. The van der Waals surface area contributed by atoms with Gasteiger partial charge in [0.1, 0.15) is 5.02 Å². The third-order valence-electron chi connectivity index (χ3n) is 3.20. The molecule has 1 aliphatic heterocycles. The molecule has 0 amide bonds. The Morgan fingerprint density at radius 3 is 3.17 bits per heavy atom. The summed E-state index contributed by atoms with van der Waals surface area (Å²) in [5.74, 6) is 5.91. The molecule has 0 radical (unpaired) electrons. The lowest BCUT2D eigenvalue weighted by Crippen LogP contribution is -2.26. The highest BCUT2D eigenvalue weighted by molar-refractivity contribution is 6.31. The molecule has 6 nitrogen and oxygen atoms in total. The van der Waals surface area contributed by atoms with Gasteiger partial charge in [-0.25, -0.2) is 10.8 Å². The molecule has 0 saturated carbocycles. The van der Waals surface area contributed by atoms with E-state index in [1.807, 2.05) is 0 Å². The third kappa shape index (κ3) is 3.22. The zero-order valence-corrected chi connectivity index (χ0v) is 11.2. The Morgan fingerprint density at radius 2 is 2.50 bits per heavy atom. The van der Waals surface area contributed by atoms with Gasteiger partial charge >= 0.3 is 0 Å². The number of halogens is 1. The van der Waals surface area contributed by atoms with Crippen molar-refractivity contribution in [2.45, 2.75) is 25.3 Å². The van der Waals surface area contributed by atoms with Crippen molar-refractivity contribution < 1.29 is 4.74 Å². The quantitative estimate of drug-likeness (QED) is 0.621. The first-order chi connectivity index (χ1) is 8.70. The van der Waals surface area contributed by atoms with Crippen molar-refractivity contribution in [3.05, 3.63) is 11.2 Å². The zero-order valence-electron chi connectivity index (χ0n) is 10.4. The fourth-order valence-corrected chi connectivity index (χ4v) is 2.30. The first-order valence-corrected chi connectivity index (χ1v) is 6.40. The van der Waals surface area contributed by atoms with Crippen LogP contribution in [-0.2, 0) is 0 Å². The summed E-state index contributed by atoms with van der Waals surface area (Å²) in [6.45, 7) is 1.76. The monoisotopic (exact) mass is 271 g/mol. The minimum absolute atomic E-state index is 0.299. The number of hydrogen-bond acceptors (Lipinski definition) is 6. The van der Waals surface area contributed by atoms with E-state index >= 15 is 0 Å². The van der Waals surface area contributed by atoms with Gasteiger partial charge < -0.3 is 9.64 Å². The van der Waals surface area contributed by atoms with Gasteiger partial charge in [0.15, 0.2) is 0 Å². The van der Waals surface area contributed by atoms with E-state index in [0.29, 0.717) is 29.5 Å². The highest BCUT2D eigenvalue weighted by Crippen LogP contribution is 2.23. The molecule has 0 spiro atoms. The molecule has 100 valence electrons. The van der Waals surface area contributed by atoms with Crippen LogP contribution in [0.25, 0.3) is 0 Å². The molecule has 3 N–H and O–H groups in total. The van der Waals surface area contributed by atoms with E-state index in [9.17, 15) is 0 Å². The van der Waals surface area contributed by atoms with Gasteiger partial charge in [0.25, 0.3) is 0 Å². The average Bonchev–Trinajstić information content (AvgIpc) is 2.77. The number of likely N-dealkylation sites (tertiary alicyclic amines) is 1. The molecule has 1 aromatic rings. The lowest BCUT2D eigenvalue weighted by Gasteiger charge is -2.19. The van der Waals surface area contributed by atoms with Crippen molar-refractivity contribution in [1.29, 1.82) is 0 Å². The number of nitrogen functional groups attached to an aromatic ring is 1. The Hall–Kier alpha value is -1.11. The van der Waals surface area contributed by atoms with Gasteiger partial charge in [-0.1, -0.05) is 11.6 Å². The number of hydrogen-bond donors (Lipinski definition) is 2. The second kappa shape index (κ2) is 6.17. The van der Waals surface area contributed by atoms with E-state index in [4.69, 9.17) is 22.2 Å². The van der Waals surface area contributed by atoms with Crippen molar-refractivity contribution in [3.63, 3.8) is 0 Å². The van der Waals surface area contributed by atoms with Gasteiger partial charge in [-0.3, -0.25) is 5.43 Å². The van der Waals surface area contributed by atoms with Crippen LogP contribution in [0.4, 0.5) is 5.95 Å². The Bertz CT molecular complexity index is 403. The first kappa shape index (κ1) is 13.3. The number of ether oxygens (including phenoxy) is 1. The minimum Gasteiger partial charge on any atom is -0.476 e. The van der Waals surface area contributed by atoms with E-state index < -0.39 is 0 Å². The number of rotatable bonds is 5. The third-order valence-corrected chi connectivity index (χ3v) is 3.46. The fourth-order valence-electron chi connectivity index (χ4n) is 2.16. The van der Waals surface area contributed by atoms with Gasteiger partial charge in [-0.2, -0.15) is 4.98 Å². The molecule has 0 bridgehead atoms. The van der Waals surface area contributed by atoms with Crippen molar-refractivity contribution >= 4 is 17.5 Å². The van der Waals surface area contributed by atoms with Gasteiger partial charge in [-0.05, 0) is 32.9 Å². The van der Waals surface area contributed by atoms with Crippen LogP contribution in [0.5, 0.6) is 5.88 Å². The van der Waals surface area contributed by atoms with Crippen molar-refractivity contribution in [2.75, 3.05) is 25.6 Å². The minimum atomic E-state index is 0.299. The molecule has 1 fully saturated rings. The molecule has 0 aromatic carbocycles.